The summed E-state index contributed by atoms with van der Waals surface area (Å²) >= 11 is 0. The third-order valence-electron chi connectivity index (χ3n) is 3.71. The number of hydrogen-bond donors (Lipinski definition) is 2. The predicted molar refractivity (Wildman–Crippen MR) is 85.6 cm³/mol. The van der Waals surface area contributed by atoms with Gasteiger partial charge in [-0.1, -0.05) is 6.07 Å². The van der Waals surface area contributed by atoms with E-state index >= 15 is 0 Å². The number of alkyl carbamates (subject to hydrolysis) is 1. The average molecular weight is 308 g/mol. The first-order valence-corrected chi connectivity index (χ1v) is 7.75. The smallest absolute Gasteiger partial charge is 0.407 e. The lowest BCUT2D eigenvalue weighted by atomic mass is 10.1. The van der Waals surface area contributed by atoms with Crippen LogP contribution in [0.4, 0.5) is 14.9 Å². The van der Waals surface area contributed by atoms with E-state index in [1.807, 2.05) is 27.7 Å². The Bertz CT molecular complexity index is 540. The minimum Gasteiger partial charge on any atom is -0.444 e. The van der Waals surface area contributed by atoms with Gasteiger partial charge in [0.1, 0.15) is 11.4 Å². The number of aryl methyl sites for hydroxylation is 1. The highest BCUT2D eigenvalue weighted by Crippen LogP contribution is 2.25. The molecule has 0 aliphatic heterocycles. The standard InChI is InChI=1S/C17H25FN2O2/c1-11-5-6-12(18)9-15(11)19-13-7-8-14(10-13)20-16(21)22-17(2,3)4/h5-6,9,13-14,19H,7-8,10H2,1-4H3,(H,20,21). The van der Waals surface area contributed by atoms with E-state index < -0.39 is 5.60 Å². The molecule has 1 aliphatic rings. The summed E-state index contributed by atoms with van der Waals surface area (Å²) in [7, 11) is 0. The molecule has 22 heavy (non-hydrogen) atoms. The monoisotopic (exact) mass is 308 g/mol. The van der Waals surface area contributed by atoms with Crippen molar-refractivity contribution < 1.29 is 13.9 Å². The predicted octanol–water partition coefficient (Wildman–Crippen LogP) is 3.99. The Balaban J connectivity index is 1.85. The number of halogens is 1. The number of ether oxygens (including phenoxy) is 1. The van der Waals surface area contributed by atoms with E-state index in [1.54, 1.807) is 6.07 Å². The molecule has 1 fully saturated rings. The zero-order valence-electron chi connectivity index (χ0n) is 13.7. The molecular weight excluding hydrogens is 283 g/mol. The summed E-state index contributed by atoms with van der Waals surface area (Å²) < 4.78 is 18.6. The molecule has 5 heteroatoms. The maximum atomic E-state index is 13.3. The highest BCUT2D eigenvalue weighted by Gasteiger charge is 2.27. The van der Waals surface area contributed by atoms with Crippen LogP contribution < -0.4 is 10.6 Å². The van der Waals surface area contributed by atoms with E-state index in [1.165, 1.54) is 12.1 Å². The maximum Gasteiger partial charge on any atom is 0.407 e. The van der Waals surface area contributed by atoms with E-state index in [-0.39, 0.29) is 24.0 Å². The summed E-state index contributed by atoms with van der Waals surface area (Å²) in [5.41, 5.74) is 1.35. The number of nitrogens with one attached hydrogen (secondary N) is 2. The van der Waals surface area contributed by atoms with Crippen LogP contribution in [0.3, 0.4) is 0 Å². The Morgan fingerprint density at radius 3 is 2.64 bits per heavy atom. The Hall–Kier alpha value is -1.78. The van der Waals surface area contributed by atoms with Crippen molar-refractivity contribution in [3.05, 3.63) is 29.6 Å². The van der Waals surface area contributed by atoms with Crippen molar-refractivity contribution in [3.8, 4) is 0 Å². The molecule has 2 unspecified atom stereocenters. The van der Waals surface area contributed by atoms with Gasteiger partial charge in [-0.05, 0) is 64.7 Å². The second-order valence-electron chi connectivity index (χ2n) is 6.96. The third kappa shape index (κ3) is 4.90. The van der Waals surface area contributed by atoms with Crippen LogP contribution in [0.2, 0.25) is 0 Å². The van der Waals surface area contributed by atoms with Crippen molar-refractivity contribution in [2.45, 2.75) is 64.6 Å². The Labute approximate surface area is 131 Å². The minimum absolute atomic E-state index is 0.0983. The fraction of sp³-hybridized carbons (Fsp3) is 0.588. The highest BCUT2D eigenvalue weighted by atomic mass is 19.1. The Morgan fingerprint density at radius 2 is 1.95 bits per heavy atom. The second kappa shape index (κ2) is 6.55. The second-order valence-corrected chi connectivity index (χ2v) is 6.96. The summed E-state index contributed by atoms with van der Waals surface area (Å²) in [6.07, 6.45) is 2.27. The van der Waals surface area contributed by atoms with E-state index in [9.17, 15) is 9.18 Å². The summed E-state index contributed by atoms with van der Waals surface area (Å²) in [5, 5.41) is 6.27. The maximum absolute atomic E-state index is 13.3. The molecule has 4 nitrogen and oxygen atoms in total. The van der Waals surface area contributed by atoms with Crippen LogP contribution >= 0.6 is 0 Å². The van der Waals surface area contributed by atoms with E-state index in [0.29, 0.717) is 0 Å². The molecular formula is C17H25FN2O2. The summed E-state index contributed by atoms with van der Waals surface area (Å²) in [6.45, 7) is 7.49. The van der Waals surface area contributed by atoms with Gasteiger partial charge in [0.05, 0.1) is 0 Å². The molecule has 1 aromatic carbocycles. The molecule has 0 heterocycles. The summed E-state index contributed by atoms with van der Waals surface area (Å²) in [5.74, 6) is -0.241. The molecule has 0 aromatic heterocycles. The number of anilines is 1. The molecule has 0 radical (unpaired) electrons. The van der Waals surface area contributed by atoms with Crippen LogP contribution in [0.15, 0.2) is 18.2 Å². The molecule has 0 spiro atoms. The number of hydrogen-bond acceptors (Lipinski definition) is 3. The molecule has 0 bridgehead atoms. The van der Waals surface area contributed by atoms with Crippen molar-refractivity contribution in [3.63, 3.8) is 0 Å². The van der Waals surface area contributed by atoms with Crippen molar-refractivity contribution in [2.75, 3.05) is 5.32 Å². The lowest BCUT2D eigenvalue weighted by molar-refractivity contribution is 0.0505. The number of carbonyl (C=O) groups excluding carboxylic acids is 1. The van der Waals surface area contributed by atoms with Crippen molar-refractivity contribution in [1.29, 1.82) is 0 Å². The fourth-order valence-corrected chi connectivity index (χ4v) is 2.69. The number of carbonyl (C=O) groups is 1. The van der Waals surface area contributed by atoms with Crippen LogP contribution in [0, 0.1) is 12.7 Å². The Morgan fingerprint density at radius 1 is 1.27 bits per heavy atom. The normalized spacial score (nSPS) is 21.5. The van der Waals surface area contributed by atoms with Gasteiger partial charge >= 0.3 is 6.09 Å². The molecule has 1 amide bonds. The highest BCUT2D eigenvalue weighted by molar-refractivity contribution is 5.68. The number of rotatable bonds is 3. The van der Waals surface area contributed by atoms with Crippen LogP contribution in [0.25, 0.3) is 0 Å². The lowest BCUT2D eigenvalue weighted by Gasteiger charge is -2.22. The van der Waals surface area contributed by atoms with Crippen molar-refractivity contribution in [1.82, 2.24) is 5.32 Å². The van der Waals surface area contributed by atoms with Gasteiger partial charge in [0.2, 0.25) is 0 Å². The topological polar surface area (TPSA) is 50.4 Å². The van der Waals surface area contributed by atoms with Gasteiger partial charge in [-0.3, -0.25) is 0 Å². The Kier molecular flexibility index (Phi) is 4.94. The third-order valence-corrected chi connectivity index (χ3v) is 3.71. The SMILES string of the molecule is Cc1ccc(F)cc1NC1CCC(NC(=O)OC(C)(C)C)C1. The first kappa shape index (κ1) is 16.6. The molecule has 2 N–H and O–H groups in total. The van der Waals surface area contributed by atoms with Gasteiger partial charge in [-0.2, -0.15) is 0 Å². The first-order chi connectivity index (χ1) is 10.2. The van der Waals surface area contributed by atoms with Gasteiger partial charge in [-0.25, -0.2) is 9.18 Å². The molecule has 2 atom stereocenters. The zero-order chi connectivity index (χ0) is 16.3. The fourth-order valence-electron chi connectivity index (χ4n) is 2.69. The quantitative estimate of drug-likeness (QED) is 0.887. The van der Waals surface area contributed by atoms with Crippen LogP contribution in [0.1, 0.15) is 45.6 Å². The average Bonchev–Trinajstić information content (AvgIpc) is 2.78. The molecule has 0 saturated heterocycles. The van der Waals surface area contributed by atoms with Crippen molar-refractivity contribution >= 4 is 11.8 Å². The van der Waals surface area contributed by atoms with Crippen LogP contribution in [-0.4, -0.2) is 23.8 Å². The lowest BCUT2D eigenvalue weighted by Crippen LogP contribution is -2.38. The largest absolute Gasteiger partial charge is 0.444 e. The molecule has 1 saturated carbocycles. The van der Waals surface area contributed by atoms with E-state index in [2.05, 4.69) is 10.6 Å². The summed E-state index contributed by atoms with van der Waals surface area (Å²) in [6, 6.07) is 5.08. The first-order valence-electron chi connectivity index (χ1n) is 7.75. The van der Waals surface area contributed by atoms with E-state index in [4.69, 9.17) is 4.74 Å². The number of amides is 1. The molecule has 1 aromatic rings. The van der Waals surface area contributed by atoms with Crippen molar-refractivity contribution in [2.24, 2.45) is 0 Å². The van der Waals surface area contributed by atoms with Gasteiger partial charge in [0, 0.05) is 17.8 Å². The van der Waals surface area contributed by atoms with Crippen LogP contribution in [-0.2, 0) is 4.74 Å². The number of benzene rings is 1. The van der Waals surface area contributed by atoms with Gasteiger partial charge in [0.15, 0.2) is 0 Å². The van der Waals surface area contributed by atoms with E-state index in [0.717, 1.165) is 30.5 Å². The van der Waals surface area contributed by atoms with Gasteiger partial charge in [0.25, 0.3) is 0 Å². The summed E-state index contributed by atoms with van der Waals surface area (Å²) in [4.78, 5) is 11.8. The molecule has 122 valence electrons. The molecule has 1 aliphatic carbocycles. The van der Waals surface area contributed by atoms with Gasteiger partial charge < -0.3 is 15.4 Å². The zero-order valence-corrected chi connectivity index (χ0v) is 13.7. The van der Waals surface area contributed by atoms with Gasteiger partial charge in [-0.15, -0.1) is 0 Å². The minimum atomic E-state index is -0.487. The molecule has 2 rings (SSSR count). The van der Waals surface area contributed by atoms with Crippen LogP contribution in [0.5, 0.6) is 0 Å².